The highest BCUT2D eigenvalue weighted by atomic mass is 35.5. The van der Waals surface area contributed by atoms with Crippen molar-refractivity contribution < 1.29 is 5.11 Å². The molecule has 0 aliphatic rings. The van der Waals surface area contributed by atoms with Gasteiger partial charge in [0.1, 0.15) is 0 Å². The summed E-state index contributed by atoms with van der Waals surface area (Å²) in [6.07, 6.45) is 3.24. The summed E-state index contributed by atoms with van der Waals surface area (Å²) in [5, 5.41) is 10.3. The molecule has 66 valence electrons. The quantitative estimate of drug-likeness (QED) is 0.728. The third-order valence-corrected chi connectivity index (χ3v) is 1.99. The fraction of sp³-hybridized carbons (Fsp3) is 0.444. The molecule has 0 aliphatic carbocycles. The SMILES string of the molecule is Cc1cncc(Cl)c1C(C)(C)O. The molecule has 1 N–H and O–H groups in total. The van der Waals surface area contributed by atoms with E-state index in [0.29, 0.717) is 5.02 Å². The van der Waals surface area contributed by atoms with Crippen LogP contribution in [0.1, 0.15) is 25.0 Å². The number of aryl methyl sites for hydroxylation is 1. The molecule has 2 nitrogen and oxygen atoms in total. The highest BCUT2D eigenvalue weighted by Gasteiger charge is 2.21. The Balaban J connectivity index is 3.31. The van der Waals surface area contributed by atoms with Gasteiger partial charge in [-0.25, -0.2) is 0 Å². The number of pyridine rings is 1. The molecule has 1 aromatic rings. The zero-order valence-corrected chi connectivity index (χ0v) is 8.18. The van der Waals surface area contributed by atoms with Gasteiger partial charge in [-0.05, 0) is 26.3 Å². The minimum atomic E-state index is -0.899. The van der Waals surface area contributed by atoms with Crippen molar-refractivity contribution in [2.24, 2.45) is 0 Å². The summed E-state index contributed by atoms with van der Waals surface area (Å²) in [7, 11) is 0. The molecule has 12 heavy (non-hydrogen) atoms. The Hall–Kier alpha value is -0.600. The van der Waals surface area contributed by atoms with Crippen LogP contribution >= 0.6 is 11.6 Å². The van der Waals surface area contributed by atoms with Crippen molar-refractivity contribution in [3.63, 3.8) is 0 Å². The Morgan fingerprint density at radius 2 is 2.00 bits per heavy atom. The Morgan fingerprint density at radius 1 is 1.42 bits per heavy atom. The topological polar surface area (TPSA) is 33.1 Å². The fourth-order valence-electron chi connectivity index (χ4n) is 1.31. The third-order valence-electron chi connectivity index (χ3n) is 1.70. The van der Waals surface area contributed by atoms with Gasteiger partial charge < -0.3 is 5.11 Å². The minimum absolute atomic E-state index is 0.516. The van der Waals surface area contributed by atoms with Gasteiger partial charge in [0.15, 0.2) is 0 Å². The number of aliphatic hydroxyl groups is 1. The number of aromatic nitrogens is 1. The summed E-state index contributed by atoms with van der Waals surface area (Å²) in [6, 6.07) is 0. The van der Waals surface area contributed by atoms with Crippen LogP contribution in [-0.4, -0.2) is 10.1 Å². The van der Waals surface area contributed by atoms with Gasteiger partial charge in [0, 0.05) is 18.0 Å². The molecule has 0 bridgehead atoms. The second-order valence-corrected chi connectivity index (χ2v) is 3.78. The van der Waals surface area contributed by atoms with E-state index < -0.39 is 5.60 Å². The van der Waals surface area contributed by atoms with Crippen LogP contribution in [-0.2, 0) is 5.60 Å². The van der Waals surface area contributed by atoms with Crippen LogP contribution in [0.15, 0.2) is 12.4 Å². The fourth-order valence-corrected chi connectivity index (χ4v) is 1.74. The van der Waals surface area contributed by atoms with Gasteiger partial charge in [-0.15, -0.1) is 0 Å². The van der Waals surface area contributed by atoms with Crippen LogP contribution in [0.25, 0.3) is 0 Å². The molecule has 0 amide bonds. The molecule has 0 saturated carbocycles. The first-order valence-corrected chi connectivity index (χ1v) is 4.13. The second kappa shape index (κ2) is 3.04. The first kappa shape index (κ1) is 9.49. The van der Waals surface area contributed by atoms with E-state index in [1.165, 1.54) is 0 Å². The van der Waals surface area contributed by atoms with Crippen molar-refractivity contribution in [2.45, 2.75) is 26.4 Å². The van der Waals surface area contributed by atoms with E-state index in [9.17, 15) is 5.11 Å². The predicted octanol–water partition coefficient (Wildman–Crippen LogP) is 2.27. The highest BCUT2D eigenvalue weighted by molar-refractivity contribution is 6.31. The smallest absolute Gasteiger partial charge is 0.0858 e. The Bertz CT molecular complexity index is 271. The van der Waals surface area contributed by atoms with E-state index in [1.807, 2.05) is 6.92 Å². The lowest BCUT2D eigenvalue weighted by molar-refractivity contribution is 0.0779. The van der Waals surface area contributed by atoms with Crippen molar-refractivity contribution in [1.82, 2.24) is 4.98 Å². The Kier molecular flexibility index (Phi) is 2.40. The van der Waals surface area contributed by atoms with E-state index in [-0.39, 0.29) is 0 Å². The molecule has 0 unspecified atom stereocenters. The zero-order chi connectivity index (χ0) is 9.35. The van der Waals surface area contributed by atoms with Crippen LogP contribution in [0.3, 0.4) is 0 Å². The maximum absolute atomic E-state index is 9.74. The normalized spacial score (nSPS) is 11.8. The zero-order valence-electron chi connectivity index (χ0n) is 7.43. The van der Waals surface area contributed by atoms with E-state index in [2.05, 4.69) is 4.98 Å². The number of nitrogens with zero attached hydrogens (tertiary/aromatic N) is 1. The Morgan fingerprint density at radius 3 is 2.33 bits per heavy atom. The summed E-state index contributed by atoms with van der Waals surface area (Å²) in [6.45, 7) is 5.30. The van der Waals surface area contributed by atoms with E-state index in [4.69, 9.17) is 11.6 Å². The molecular weight excluding hydrogens is 174 g/mol. The lowest BCUT2D eigenvalue weighted by atomic mass is 9.96. The van der Waals surface area contributed by atoms with Crippen molar-refractivity contribution >= 4 is 11.6 Å². The standard InChI is InChI=1S/C9H12ClNO/c1-6-4-11-5-7(10)8(6)9(2,3)12/h4-5,12H,1-3H3. The molecule has 1 heterocycles. The minimum Gasteiger partial charge on any atom is -0.386 e. The average molecular weight is 186 g/mol. The monoisotopic (exact) mass is 185 g/mol. The molecule has 3 heteroatoms. The largest absolute Gasteiger partial charge is 0.386 e. The van der Waals surface area contributed by atoms with Crippen molar-refractivity contribution in [3.05, 3.63) is 28.5 Å². The second-order valence-electron chi connectivity index (χ2n) is 3.37. The van der Waals surface area contributed by atoms with Crippen LogP contribution < -0.4 is 0 Å². The molecular formula is C9H12ClNO. The lowest BCUT2D eigenvalue weighted by Crippen LogP contribution is -2.17. The maximum atomic E-state index is 9.74. The molecule has 1 rings (SSSR count). The van der Waals surface area contributed by atoms with Crippen molar-refractivity contribution in [1.29, 1.82) is 0 Å². The van der Waals surface area contributed by atoms with Gasteiger partial charge in [0.2, 0.25) is 0 Å². The summed E-state index contributed by atoms with van der Waals surface area (Å²) >= 11 is 5.89. The lowest BCUT2D eigenvalue weighted by Gasteiger charge is -2.21. The summed E-state index contributed by atoms with van der Waals surface area (Å²) in [5.41, 5.74) is 0.763. The van der Waals surface area contributed by atoms with E-state index in [0.717, 1.165) is 11.1 Å². The molecule has 0 radical (unpaired) electrons. The van der Waals surface area contributed by atoms with E-state index in [1.54, 1.807) is 26.2 Å². The van der Waals surface area contributed by atoms with Crippen LogP contribution in [0, 0.1) is 6.92 Å². The number of hydrogen-bond acceptors (Lipinski definition) is 2. The maximum Gasteiger partial charge on any atom is 0.0858 e. The highest BCUT2D eigenvalue weighted by Crippen LogP contribution is 2.29. The molecule has 0 atom stereocenters. The number of halogens is 1. The molecule has 0 aliphatic heterocycles. The van der Waals surface area contributed by atoms with E-state index >= 15 is 0 Å². The van der Waals surface area contributed by atoms with Crippen LogP contribution in [0.5, 0.6) is 0 Å². The van der Waals surface area contributed by atoms with Gasteiger partial charge in [-0.2, -0.15) is 0 Å². The Labute approximate surface area is 77.2 Å². The molecule has 0 saturated heterocycles. The first-order chi connectivity index (χ1) is 5.43. The van der Waals surface area contributed by atoms with Crippen molar-refractivity contribution in [2.75, 3.05) is 0 Å². The molecule has 0 aromatic carbocycles. The summed E-state index contributed by atoms with van der Waals surface area (Å²) < 4.78 is 0. The molecule has 1 aromatic heterocycles. The predicted molar refractivity (Wildman–Crippen MR) is 49.2 cm³/mol. The number of hydrogen-bond donors (Lipinski definition) is 1. The van der Waals surface area contributed by atoms with Gasteiger partial charge in [0.05, 0.1) is 10.6 Å². The van der Waals surface area contributed by atoms with Crippen LogP contribution in [0.4, 0.5) is 0 Å². The van der Waals surface area contributed by atoms with Gasteiger partial charge in [0.25, 0.3) is 0 Å². The summed E-state index contributed by atoms with van der Waals surface area (Å²) in [5.74, 6) is 0. The van der Waals surface area contributed by atoms with Gasteiger partial charge in [-0.3, -0.25) is 4.98 Å². The molecule has 0 fully saturated rings. The average Bonchev–Trinajstić information content (AvgIpc) is 1.82. The first-order valence-electron chi connectivity index (χ1n) is 3.76. The van der Waals surface area contributed by atoms with Crippen LogP contribution in [0.2, 0.25) is 5.02 Å². The number of rotatable bonds is 1. The molecule has 0 spiro atoms. The van der Waals surface area contributed by atoms with Gasteiger partial charge >= 0.3 is 0 Å². The summed E-state index contributed by atoms with van der Waals surface area (Å²) in [4.78, 5) is 3.91. The third kappa shape index (κ3) is 1.76. The van der Waals surface area contributed by atoms with Crippen molar-refractivity contribution in [3.8, 4) is 0 Å². The van der Waals surface area contributed by atoms with Gasteiger partial charge in [-0.1, -0.05) is 11.6 Å².